The molecule has 0 amide bonds. The summed E-state index contributed by atoms with van der Waals surface area (Å²) in [7, 11) is 0. The maximum Gasteiger partial charge on any atom is 3.00 e. The van der Waals surface area contributed by atoms with E-state index >= 15 is 0 Å². The van der Waals surface area contributed by atoms with E-state index in [-0.39, 0.29) is 51.0 Å². The summed E-state index contributed by atoms with van der Waals surface area (Å²) < 4.78 is 0. The Morgan fingerprint density at radius 2 is 1.60 bits per heavy atom. The summed E-state index contributed by atoms with van der Waals surface area (Å²) in [6.45, 7) is 4.57. The van der Waals surface area contributed by atoms with Gasteiger partial charge in [0.05, 0.1) is 0 Å². The Hall–Kier alpha value is -0.617. The molecule has 0 fully saturated rings. The molecule has 4 rings (SSSR count). The Labute approximate surface area is 182 Å². The number of benzene rings is 2. The minimum Gasteiger partial charge on any atom is -1.00 e. The summed E-state index contributed by atoms with van der Waals surface area (Å²) >= 11 is 0. The third-order valence-corrected chi connectivity index (χ3v) is 5.02. The average Bonchev–Trinajstić information content (AvgIpc) is 3.20. The van der Waals surface area contributed by atoms with Crippen LogP contribution < -0.4 is 24.8 Å². The fourth-order valence-electron chi connectivity index (χ4n) is 4.07. The van der Waals surface area contributed by atoms with E-state index in [1.807, 2.05) is 0 Å². The van der Waals surface area contributed by atoms with Crippen molar-refractivity contribution in [3.8, 4) is 11.1 Å². The Morgan fingerprint density at radius 1 is 0.960 bits per heavy atom. The summed E-state index contributed by atoms with van der Waals surface area (Å²) in [4.78, 5) is 0. The van der Waals surface area contributed by atoms with Gasteiger partial charge in [0.25, 0.3) is 0 Å². The SMILES string of the molecule is CCc1c(C2C=CC=C2)[c-]c2c(c1CC)-c1ccccc1C2.[Cl-].[Cl-].[Zr+3]. The predicted octanol–water partition coefficient (Wildman–Crippen LogP) is -0.602. The Balaban J connectivity index is 0.00000104. The Bertz CT molecular complexity index is 794. The fourth-order valence-corrected chi connectivity index (χ4v) is 4.07. The quantitative estimate of drug-likeness (QED) is 0.471. The largest absolute Gasteiger partial charge is 3.00 e. The zero-order valence-electron chi connectivity index (χ0n) is 14.6. The zero-order valence-corrected chi connectivity index (χ0v) is 18.5. The number of rotatable bonds is 3. The van der Waals surface area contributed by atoms with Gasteiger partial charge in [0, 0.05) is 0 Å². The van der Waals surface area contributed by atoms with E-state index in [4.69, 9.17) is 0 Å². The first kappa shape index (κ1) is 22.4. The van der Waals surface area contributed by atoms with Crippen molar-refractivity contribution >= 4 is 0 Å². The minimum absolute atomic E-state index is 0. The van der Waals surface area contributed by atoms with Crippen molar-refractivity contribution in [3.63, 3.8) is 0 Å². The molecule has 2 aromatic rings. The maximum atomic E-state index is 3.81. The Kier molecular flexibility index (Phi) is 8.39. The van der Waals surface area contributed by atoms with E-state index < -0.39 is 0 Å². The minimum atomic E-state index is 0. The van der Waals surface area contributed by atoms with Crippen LogP contribution in [0.4, 0.5) is 0 Å². The molecule has 0 atom stereocenters. The molecule has 0 unspecified atom stereocenters. The number of hydrogen-bond donors (Lipinski definition) is 0. The van der Waals surface area contributed by atoms with Gasteiger partial charge in [0.2, 0.25) is 0 Å². The molecule has 0 bridgehead atoms. The van der Waals surface area contributed by atoms with Crippen LogP contribution in [0.15, 0.2) is 48.6 Å². The maximum absolute atomic E-state index is 3.81. The first-order valence-electron chi connectivity index (χ1n) is 8.36. The molecular weight excluding hydrogens is 426 g/mol. The van der Waals surface area contributed by atoms with Crippen LogP contribution in [0, 0.1) is 6.07 Å². The van der Waals surface area contributed by atoms with Crippen LogP contribution in [-0.4, -0.2) is 0 Å². The third-order valence-electron chi connectivity index (χ3n) is 5.02. The first-order valence-corrected chi connectivity index (χ1v) is 8.36. The van der Waals surface area contributed by atoms with Crippen molar-refractivity contribution in [3.05, 3.63) is 82.5 Å². The normalized spacial score (nSPS) is 13.5. The summed E-state index contributed by atoms with van der Waals surface area (Å²) in [5, 5.41) is 0. The molecule has 0 aromatic heterocycles. The monoisotopic (exact) mass is 445 g/mol. The molecule has 3 heteroatoms. The van der Waals surface area contributed by atoms with Crippen LogP contribution in [0.1, 0.15) is 47.6 Å². The molecule has 0 saturated heterocycles. The van der Waals surface area contributed by atoms with Gasteiger partial charge in [-0.25, -0.2) is 0 Å². The summed E-state index contributed by atoms with van der Waals surface area (Å²) in [5.74, 6) is 0.411. The van der Waals surface area contributed by atoms with Crippen molar-refractivity contribution in [1.29, 1.82) is 0 Å². The summed E-state index contributed by atoms with van der Waals surface area (Å²) in [5.41, 5.74) is 10.2. The first-order chi connectivity index (χ1) is 10.8. The molecular formula is C22H21Cl2Zr. The van der Waals surface area contributed by atoms with Crippen molar-refractivity contribution in [2.24, 2.45) is 0 Å². The van der Waals surface area contributed by atoms with Gasteiger partial charge >= 0.3 is 26.2 Å². The molecule has 0 aliphatic heterocycles. The van der Waals surface area contributed by atoms with Crippen LogP contribution in [0.2, 0.25) is 0 Å². The smallest absolute Gasteiger partial charge is 1.00 e. The van der Waals surface area contributed by atoms with Gasteiger partial charge in [-0.1, -0.05) is 86.4 Å². The molecule has 0 nitrogen and oxygen atoms in total. The van der Waals surface area contributed by atoms with Crippen molar-refractivity contribution in [2.75, 3.05) is 0 Å². The van der Waals surface area contributed by atoms with Crippen LogP contribution in [0.3, 0.4) is 0 Å². The molecule has 25 heavy (non-hydrogen) atoms. The van der Waals surface area contributed by atoms with Crippen molar-refractivity contribution < 1.29 is 51.0 Å². The number of fused-ring (bicyclic) bond motifs is 3. The number of hydrogen-bond acceptors (Lipinski definition) is 0. The second-order valence-electron chi connectivity index (χ2n) is 6.19. The molecule has 2 aliphatic rings. The van der Waals surface area contributed by atoms with Gasteiger partial charge in [0.1, 0.15) is 0 Å². The van der Waals surface area contributed by atoms with Crippen molar-refractivity contribution in [1.82, 2.24) is 0 Å². The van der Waals surface area contributed by atoms with E-state index in [1.54, 1.807) is 5.56 Å². The fraction of sp³-hybridized carbons (Fsp3) is 0.273. The Morgan fingerprint density at radius 3 is 2.24 bits per heavy atom. The van der Waals surface area contributed by atoms with E-state index in [1.165, 1.54) is 33.4 Å². The second kappa shape index (κ2) is 9.36. The molecule has 2 aromatic carbocycles. The predicted molar refractivity (Wildman–Crippen MR) is 93.3 cm³/mol. The van der Waals surface area contributed by atoms with Gasteiger partial charge in [-0.3, -0.25) is 0 Å². The molecule has 0 spiro atoms. The molecule has 2 aliphatic carbocycles. The van der Waals surface area contributed by atoms with Gasteiger partial charge < -0.3 is 24.8 Å². The van der Waals surface area contributed by atoms with Crippen LogP contribution in [0.5, 0.6) is 0 Å². The van der Waals surface area contributed by atoms with E-state index in [0.29, 0.717) is 5.92 Å². The molecule has 0 N–H and O–H groups in total. The van der Waals surface area contributed by atoms with E-state index in [9.17, 15) is 0 Å². The van der Waals surface area contributed by atoms with E-state index in [2.05, 4.69) is 68.5 Å². The van der Waals surface area contributed by atoms with Gasteiger partial charge in [-0.05, 0) is 12.3 Å². The molecule has 0 saturated carbocycles. The standard InChI is InChI=1S/C22H21.2ClH.Zr/c1-3-18-19(4-2)22-17(13-16-11-7-8-12-20(16)22)14-21(18)15-9-5-6-10-15;;;/h5-12,15H,3-4,13H2,1-2H3;2*1H;/q-1;;;+3/p-2. The summed E-state index contributed by atoms with van der Waals surface area (Å²) in [6, 6.07) is 12.7. The van der Waals surface area contributed by atoms with Crippen LogP contribution >= 0.6 is 0 Å². The second-order valence-corrected chi connectivity index (χ2v) is 6.19. The molecule has 0 heterocycles. The third kappa shape index (κ3) is 3.75. The van der Waals surface area contributed by atoms with Gasteiger partial charge in [-0.2, -0.15) is 6.07 Å². The van der Waals surface area contributed by atoms with Crippen LogP contribution in [0.25, 0.3) is 11.1 Å². The summed E-state index contributed by atoms with van der Waals surface area (Å²) in [6.07, 6.45) is 12.1. The van der Waals surface area contributed by atoms with Crippen LogP contribution in [-0.2, 0) is 45.5 Å². The van der Waals surface area contributed by atoms with Crippen molar-refractivity contribution in [2.45, 2.75) is 39.0 Å². The number of allylic oxidation sites excluding steroid dienone is 4. The van der Waals surface area contributed by atoms with E-state index in [0.717, 1.165) is 19.3 Å². The molecule has 1 radical (unpaired) electrons. The van der Waals surface area contributed by atoms with Gasteiger partial charge in [0.15, 0.2) is 0 Å². The molecule has 127 valence electrons. The average molecular weight is 448 g/mol. The number of halogens is 2. The topological polar surface area (TPSA) is 0 Å². The van der Waals surface area contributed by atoms with Gasteiger partial charge in [-0.15, -0.1) is 27.8 Å². The zero-order chi connectivity index (χ0) is 15.1.